The largest absolute Gasteiger partial charge is 0.480 e. The van der Waals surface area contributed by atoms with Crippen LogP contribution in [-0.2, 0) is 16.1 Å². The normalized spacial score (nSPS) is 12.2. The van der Waals surface area contributed by atoms with Gasteiger partial charge >= 0.3 is 5.97 Å². The van der Waals surface area contributed by atoms with E-state index in [1.807, 2.05) is 6.92 Å². The number of ether oxygens (including phenoxy) is 1. The average molecular weight is 283 g/mol. The van der Waals surface area contributed by atoms with Crippen molar-refractivity contribution in [2.45, 2.75) is 39.3 Å². The van der Waals surface area contributed by atoms with E-state index in [1.165, 1.54) is 0 Å². The Balaban J connectivity index is 2.72. The molecule has 2 N–H and O–H groups in total. The highest BCUT2D eigenvalue weighted by Gasteiger charge is 2.22. The van der Waals surface area contributed by atoms with Crippen LogP contribution in [0, 0.1) is 6.92 Å². The average Bonchev–Trinajstić information content (AvgIpc) is 2.78. The van der Waals surface area contributed by atoms with Gasteiger partial charge in [-0.05, 0) is 32.8 Å². The Bertz CT molecular complexity index is 470. The number of hydrogen-bond donors (Lipinski definition) is 2. The Morgan fingerprint density at radius 3 is 2.80 bits per heavy atom. The summed E-state index contributed by atoms with van der Waals surface area (Å²) in [6.45, 7) is 4.68. The zero-order valence-corrected chi connectivity index (χ0v) is 12.0. The van der Waals surface area contributed by atoms with Crippen molar-refractivity contribution in [3.63, 3.8) is 0 Å². The Morgan fingerprint density at radius 1 is 1.55 bits per heavy atom. The zero-order chi connectivity index (χ0) is 15.1. The Hall–Kier alpha value is -1.89. The van der Waals surface area contributed by atoms with E-state index in [-0.39, 0.29) is 0 Å². The molecule has 1 aromatic heterocycles. The summed E-state index contributed by atoms with van der Waals surface area (Å²) in [5, 5.41) is 15.8. The maximum Gasteiger partial charge on any atom is 0.326 e. The fourth-order valence-electron chi connectivity index (χ4n) is 1.89. The molecule has 0 aliphatic carbocycles. The first-order chi connectivity index (χ1) is 9.49. The molecule has 1 atom stereocenters. The summed E-state index contributed by atoms with van der Waals surface area (Å²) in [7, 11) is 1.55. The first-order valence-electron chi connectivity index (χ1n) is 6.56. The molecule has 1 rings (SSSR count). The number of nitrogens with one attached hydrogen (secondary N) is 1. The summed E-state index contributed by atoms with van der Waals surface area (Å²) < 4.78 is 6.44. The molecule has 1 aromatic rings. The molecule has 0 aliphatic heterocycles. The molecule has 0 radical (unpaired) electrons. The molecule has 1 heterocycles. The summed E-state index contributed by atoms with van der Waals surface area (Å²) in [6, 6.07) is 0.727. The second-order valence-corrected chi connectivity index (χ2v) is 4.49. The Kier molecular flexibility index (Phi) is 6.17. The predicted molar refractivity (Wildman–Crippen MR) is 72.6 cm³/mol. The fourth-order valence-corrected chi connectivity index (χ4v) is 1.89. The first kappa shape index (κ1) is 16.2. The second-order valence-electron chi connectivity index (χ2n) is 4.49. The van der Waals surface area contributed by atoms with Gasteiger partial charge in [-0.1, -0.05) is 0 Å². The minimum Gasteiger partial charge on any atom is -0.480 e. The maximum atomic E-state index is 12.1. The van der Waals surface area contributed by atoms with Crippen molar-refractivity contribution in [1.29, 1.82) is 0 Å². The molecule has 0 bridgehead atoms. The first-order valence-corrected chi connectivity index (χ1v) is 6.56. The standard InChI is InChI=1S/C13H21N3O4/c1-4-16-11(8-9(2)15-16)12(17)14-10(13(18)19)6-5-7-20-3/h8,10H,4-7H2,1-3H3,(H,14,17)(H,18,19). The number of rotatable bonds is 8. The molecule has 0 saturated heterocycles. The lowest BCUT2D eigenvalue weighted by atomic mass is 10.1. The molecule has 20 heavy (non-hydrogen) atoms. The smallest absolute Gasteiger partial charge is 0.326 e. The number of aliphatic carboxylic acids is 1. The molecule has 7 heteroatoms. The number of hydrogen-bond acceptors (Lipinski definition) is 4. The third-order valence-electron chi connectivity index (χ3n) is 2.88. The quantitative estimate of drug-likeness (QED) is 0.689. The maximum absolute atomic E-state index is 12.1. The van der Waals surface area contributed by atoms with Crippen molar-refractivity contribution in [2.75, 3.05) is 13.7 Å². The van der Waals surface area contributed by atoms with Crippen molar-refractivity contribution in [2.24, 2.45) is 0 Å². The lowest BCUT2D eigenvalue weighted by molar-refractivity contribution is -0.139. The van der Waals surface area contributed by atoms with E-state index in [0.717, 1.165) is 5.69 Å². The van der Waals surface area contributed by atoms with E-state index >= 15 is 0 Å². The van der Waals surface area contributed by atoms with Crippen LogP contribution >= 0.6 is 0 Å². The molecule has 1 amide bonds. The highest BCUT2D eigenvalue weighted by atomic mass is 16.5. The van der Waals surface area contributed by atoms with Gasteiger partial charge in [0.15, 0.2) is 0 Å². The van der Waals surface area contributed by atoms with Gasteiger partial charge in [0, 0.05) is 20.3 Å². The number of methoxy groups -OCH3 is 1. The number of nitrogens with zero attached hydrogens (tertiary/aromatic N) is 2. The van der Waals surface area contributed by atoms with Crippen LogP contribution in [0.25, 0.3) is 0 Å². The van der Waals surface area contributed by atoms with E-state index in [4.69, 9.17) is 9.84 Å². The summed E-state index contributed by atoms with van der Waals surface area (Å²) >= 11 is 0. The number of carbonyl (C=O) groups excluding carboxylic acids is 1. The van der Waals surface area contributed by atoms with Crippen molar-refractivity contribution >= 4 is 11.9 Å². The molecule has 0 spiro atoms. The Labute approximate surface area is 117 Å². The number of carboxylic acids is 1. The summed E-state index contributed by atoms with van der Waals surface area (Å²) in [5.41, 5.74) is 1.10. The predicted octanol–water partition coefficient (Wildman–Crippen LogP) is 0.821. The van der Waals surface area contributed by atoms with Crippen LogP contribution in [0.1, 0.15) is 35.9 Å². The van der Waals surface area contributed by atoms with Crippen LogP contribution in [-0.4, -0.2) is 46.5 Å². The molecular weight excluding hydrogens is 262 g/mol. The second kappa shape index (κ2) is 7.64. The lowest BCUT2D eigenvalue weighted by Gasteiger charge is -2.14. The topological polar surface area (TPSA) is 93.5 Å². The summed E-state index contributed by atoms with van der Waals surface area (Å²) in [4.78, 5) is 23.3. The van der Waals surface area contributed by atoms with Gasteiger partial charge in [0.05, 0.1) is 5.69 Å². The number of amides is 1. The molecule has 0 fully saturated rings. The van der Waals surface area contributed by atoms with Gasteiger partial charge in [0.2, 0.25) is 0 Å². The summed E-state index contributed by atoms with van der Waals surface area (Å²) in [5.74, 6) is -1.47. The lowest BCUT2D eigenvalue weighted by Crippen LogP contribution is -2.41. The number of carbonyl (C=O) groups is 2. The summed E-state index contributed by atoms with van der Waals surface area (Å²) in [6.07, 6.45) is 0.897. The molecule has 112 valence electrons. The third-order valence-corrected chi connectivity index (χ3v) is 2.88. The van der Waals surface area contributed by atoms with Crippen LogP contribution in [0.2, 0.25) is 0 Å². The van der Waals surface area contributed by atoms with Crippen molar-refractivity contribution in [1.82, 2.24) is 15.1 Å². The van der Waals surface area contributed by atoms with Gasteiger partial charge in [-0.3, -0.25) is 9.48 Å². The molecule has 1 unspecified atom stereocenters. The van der Waals surface area contributed by atoms with Gasteiger partial charge in [-0.2, -0.15) is 5.10 Å². The van der Waals surface area contributed by atoms with Crippen LogP contribution < -0.4 is 5.32 Å². The number of aryl methyl sites for hydroxylation is 2. The molecular formula is C13H21N3O4. The van der Waals surface area contributed by atoms with Gasteiger partial charge in [0.1, 0.15) is 11.7 Å². The van der Waals surface area contributed by atoms with E-state index < -0.39 is 17.9 Å². The van der Waals surface area contributed by atoms with Crippen molar-refractivity contribution in [3.05, 3.63) is 17.5 Å². The third kappa shape index (κ3) is 4.34. The van der Waals surface area contributed by atoms with Crippen molar-refractivity contribution < 1.29 is 19.4 Å². The van der Waals surface area contributed by atoms with Gasteiger partial charge in [-0.25, -0.2) is 4.79 Å². The van der Waals surface area contributed by atoms with Crippen LogP contribution in [0.15, 0.2) is 6.07 Å². The highest BCUT2D eigenvalue weighted by molar-refractivity contribution is 5.95. The van der Waals surface area contributed by atoms with E-state index in [9.17, 15) is 9.59 Å². The molecule has 0 saturated carbocycles. The Morgan fingerprint density at radius 2 is 2.25 bits per heavy atom. The van der Waals surface area contributed by atoms with E-state index in [2.05, 4.69) is 10.4 Å². The minimum atomic E-state index is -1.05. The molecule has 0 aromatic carbocycles. The van der Waals surface area contributed by atoms with E-state index in [1.54, 1.807) is 24.8 Å². The number of aromatic nitrogens is 2. The van der Waals surface area contributed by atoms with Crippen LogP contribution in [0.3, 0.4) is 0 Å². The SMILES string of the molecule is CCn1nc(C)cc1C(=O)NC(CCCOC)C(=O)O. The molecule has 7 nitrogen and oxygen atoms in total. The monoisotopic (exact) mass is 283 g/mol. The number of carboxylic acid groups (broad SMARTS) is 1. The molecule has 0 aliphatic rings. The van der Waals surface area contributed by atoms with Crippen LogP contribution in [0.5, 0.6) is 0 Å². The van der Waals surface area contributed by atoms with Gasteiger partial charge < -0.3 is 15.2 Å². The van der Waals surface area contributed by atoms with Gasteiger partial charge in [-0.15, -0.1) is 0 Å². The highest BCUT2D eigenvalue weighted by Crippen LogP contribution is 2.06. The zero-order valence-electron chi connectivity index (χ0n) is 12.0. The van der Waals surface area contributed by atoms with Crippen LogP contribution in [0.4, 0.5) is 0 Å². The minimum absolute atomic E-state index is 0.328. The fraction of sp³-hybridized carbons (Fsp3) is 0.615. The van der Waals surface area contributed by atoms with E-state index in [0.29, 0.717) is 31.7 Å². The van der Waals surface area contributed by atoms with Crippen molar-refractivity contribution in [3.8, 4) is 0 Å². The van der Waals surface area contributed by atoms with Gasteiger partial charge in [0.25, 0.3) is 5.91 Å².